The average Bonchev–Trinajstić information content (AvgIpc) is 2.72. The molecule has 0 bridgehead atoms. The van der Waals surface area contributed by atoms with Crippen LogP contribution in [0.2, 0.25) is 18.1 Å². The largest absolute Gasteiger partial charge is 0.469 e. The second-order valence-electron chi connectivity index (χ2n) is 11.8. The normalized spacial score (nSPS) is 40.8. The Hall–Kier alpha value is -0.683. The van der Waals surface area contributed by atoms with Gasteiger partial charge in [-0.25, -0.2) is 0 Å². The number of ketones is 1. The predicted octanol–water partition coefficient (Wildman–Crippen LogP) is 4.97. The van der Waals surface area contributed by atoms with Gasteiger partial charge in [-0.15, -0.1) is 0 Å². The number of carbonyl (C=O) groups excluding carboxylic acids is 2. The lowest BCUT2D eigenvalue weighted by molar-refractivity contribution is -0.241. The highest BCUT2D eigenvalue weighted by atomic mass is 28.4. The van der Waals surface area contributed by atoms with Crippen LogP contribution in [0.4, 0.5) is 0 Å². The van der Waals surface area contributed by atoms with Gasteiger partial charge in [-0.05, 0) is 55.1 Å². The Morgan fingerprint density at radius 3 is 2.19 bits per heavy atom. The Morgan fingerprint density at radius 2 is 1.67 bits per heavy atom. The second-order valence-corrected chi connectivity index (χ2v) is 16.5. The maximum Gasteiger partial charge on any atom is 0.311 e. The molecule has 3 aliphatic rings. The maximum atomic E-state index is 13.0. The molecule has 0 unspecified atom stereocenters. The summed E-state index contributed by atoms with van der Waals surface area (Å²) in [7, 11) is -0.614. The van der Waals surface area contributed by atoms with Gasteiger partial charge in [-0.1, -0.05) is 41.5 Å². The number of methoxy groups -OCH3 is 1. The van der Waals surface area contributed by atoms with Crippen molar-refractivity contribution in [1.82, 2.24) is 0 Å². The van der Waals surface area contributed by atoms with Crippen LogP contribution >= 0.6 is 0 Å². The highest BCUT2D eigenvalue weighted by molar-refractivity contribution is 6.74. The SMILES string of the molecule is COC(=O)[C@H]1C[C@@]2(C)C[C@H]3C(=O)C(C)(C)C[C@H]3C[C@@]12O[Si](C)(C)C(C)(C)C. The monoisotopic (exact) mass is 394 g/mol. The van der Waals surface area contributed by atoms with Gasteiger partial charge in [0.2, 0.25) is 0 Å². The molecule has 3 aliphatic carbocycles. The number of fused-ring (bicyclic) bond motifs is 2. The summed E-state index contributed by atoms with van der Waals surface area (Å²) < 4.78 is 12.3. The molecule has 0 amide bonds. The fourth-order valence-electron chi connectivity index (χ4n) is 5.95. The number of ether oxygens (including phenoxy) is 1. The quantitative estimate of drug-likeness (QED) is 0.501. The number of hydrogen-bond donors (Lipinski definition) is 0. The van der Waals surface area contributed by atoms with E-state index < -0.39 is 13.9 Å². The minimum Gasteiger partial charge on any atom is -0.469 e. The van der Waals surface area contributed by atoms with E-state index in [1.54, 1.807) is 0 Å². The zero-order valence-corrected chi connectivity index (χ0v) is 19.7. The van der Waals surface area contributed by atoms with E-state index in [4.69, 9.17) is 9.16 Å². The van der Waals surface area contributed by atoms with Crippen molar-refractivity contribution < 1.29 is 18.8 Å². The molecular weight excluding hydrogens is 356 g/mol. The molecule has 4 nitrogen and oxygen atoms in total. The van der Waals surface area contributed by atoms with Crippen LogP contribution in [0, 0.1) is 28.6 Å². The lowest BCUT2D eigenvalue weighted by Crippen LogP contribution is -2.73. The number of hydrogen-bond acceptors (Lipinski definition) is 4. The zero-order valence-electron chi connectivity index (χ0n) is 18.7. The average molecular weight is 395 g/mol. The van der Waals surface area contributed by atoms with Crippen molar-refractivity contribution in [2.75, 3.05) is 7.11 Å². The molecule has 27 heavy (non-hydrogen) atoms. The van der Waals surface area contributed by atoms with Gasteiger partial charge >= 0.3 is 5.97 Å². The molecule has 154 valence electrons. The van der Waals surface area contributed by atoms with Crippen molar-refractivity contribution in [3.05, 3.63) is 0 Å². The summed E-state index contributed by atoms with van der Waals surface area (Å²) in [5, 5.41) is 0.0700. The van der Waals surface area contributed by atoms with E-state index in [0.29, 0.717) is 11.7 Å². The minimum absolute atomic E-state index is 0.0700. The van der Waals surface area contributed by atoms with Gasteiger partial charge in [0.05, 0.1) is 18.6 Å². The molecule has 0 spiro atoms. The molecule has 0 heterocycles. The van der Waals surface area contributed by atoms with E-state index >= 15 is 0 Å². The van der Waals surface area contributed by atoms with Crippen LogP contribution in [0.3, 0.4) is 0 Å². The molecule has 0 aromatic heterocycles. The van der Waals surface area contributed by atoms with Crippen molar-refractivity contribution in [3.63, 3.8) is 0 Å². The molecule has 0 radical (unpaired) electrons. The molecule has 5 heteroatoms. The maximum absolute atomic E-state index is 13.0. The summed E-state index contributed by atoms with van der Waals surface area (Å²) in [6, 6.07) is 0. The molecule has 0 aromatic carbocycles. The van der Waals surface area contributed by atoms with Gasteiger partial charge in [0, 0.05) is 11.3 Å². The highest BCUT2D eigenvalue weighted by Gasteiger charge is 2.73. The number of Topliss-reactive ketones (excluding diaryl/α,β-unsaturated/α-hetero) is 1. The highest BCUT2D eigenvalue weighted by Crippen LogP contribution is 2.70. The van der Waals surface area contributed by atoms with Crippen molar-refractivity contribution >= 4 is 20.1 Å². The number of carbonyl (C=O) groups is 2. The smallest absolute Gasteiger partial charge is 0.311 e. The molecule has 0 aliphatic heterocycles. The first-order chi connectivity index (χ1) is 12.1. The Morgan fingerprint density at radius 1 is 1.07 bits per heavy atom. The standard InChI is InChI=1S/C22H38O4Si/c1-19(2,3)27(8,9)26-22-11-14-10-20(4,5)17(23)15(14)12-21(22,6)13-16(22)18(24)25-7/h14-16H,10-13H2,1-9H3/t14-,15+,16+,21+,22+/m0/s1. The fraction of sp³-hybridized carbons (Fsp3) is 0.909. The third-order valence-electron chi connectivity index (χ3n) is 8.55. The second kappa shape index (κ2) is 5.91. The predicted molar refractivity (Wildman–Crippen MR) is 109 cm³/mol. The third-order valence-corrected chi connectivity index (χ3v) is 13.0. The lowest BCUT2D eigenvalue weighted by atomic mass is 9.43. The van der Waals surface area contributed by atoms with Crippen molar-refractivity contribution in [2.45, 2.75) is 91.0 Å². The third kappa shape index (κ3) is 2.86. The van der Waals surface area contributed by atoms with Crippen LogP contribution in [-0.4, -0.2) is 32.8 Å². The Bertz CT molecular complexity index is 662. The summed E-state index contributed by atoms with van der Waals surface area (Å²) in [6.07, 6.45) is 3.34. The number of esters is 1. The minimum atomic E-state index is -2.09. The topological polar surface area (TPSA) is 52.6 Å². The van der Waals surface area contributed by atoms with Crippen LogP contribution in [0.25, 0.3) is 0 Å². The first-order valence-electron chi connectivity index (χ1n) is 10.4. The summed E-state index contributed by atoms with van der Waals surface area (Å²) in [5.41, 5.74) is -0.863. The van der Waals surface area contributed by atoms with Gasteiger partial charge in [0.25, 0.3) is 0 Å². The summed E-state index contributed by atoms with van der Waals surface area (Å²) in [6.45, 7) is 17.7. The van der Waals surface area contributed by atoms with Crippen molar-refractivity contribution in [1.29, 1.82) is 0 Å². The van der Waals surface area contributed by atoms with Gasteiger partial charge < -0.3 is 9.16 Å². The van der Waals surface area contributed by atoms with Crippen LogP contribution in [0.5, 0.6) is 0 Å². The molecule has 0 N–H and O–H groups in total. The van der Waals surface area contributed by atoms with Gasteiger partial charge in [0.1, 0.15) is 5.78 Å². The number of rotatable bonds is 3. The zero-order chi connectivity index (χ0) is 20.6. The molecule has 5 atom stereocenters. The summed E-state index contributed by atoms with van der Waals surface area (Å²) in [4.78, 5) is 25.6. The Balaban J connectivity index is 2.02. The van der Waals surface area contributed by atoms with E-state index in [9.17, 15) is 9.59 Å². The Kier molecular flexibility index (Phi) is 4.61. The van der Waals surface area contributed by atoms with E-state index in [-0.39, 0.29) is 33.7 Å². The van der Waals surface area contributed by atoms with E-state index in [1.165, 1.54) is 7.11 Å². The molecular formula is C22H38O4Si. The Labute approximate surface area is 165 Å². The summed E-state index contributed by atoms with van der Waals surface area (Å²) >= 11 is 0. The van der Waals surface area contributed by atoms with E-state index in [0.717, 1.165) is 25.7 Å². The van der Waals surface area contributed by atoms with Crippen LogP contribution in [-0.2, 0) is 18.8 Å². The van der Waals surface area contributed by atoms with Crippen LogP contribution in [0.1, 0.15) is 67.2 Å². The van der Waals surface area contributed by atoms with Gasteiger partial charge in [0.15, 0.2) is 8.32 Å². The first-order valence-corrected chi connectivity index (χ1v) is 13.3. The lowest BCUT2D eigenvalue weighted by Gasteiger charge is -2.68. The molecule has 3 saturated carbocycles. The van der Waals surface area contributed by atoms with Crippen molar-refractivity contribution in [2.24, 2.45) is 28.6 Å². The van der Waals surface area contributed by atoms with Crippen LogP contribution < -0.4 is 0 Å². The fourth-order valence-corrected chi connectivity index (χ4v) is 7.63. The molecule has 3 fully saturated rings. The first kappa shape index (κ1) is 21.0. The van der Waals surface area contributed by atoms with Crippen LogP contribution in [0.15, 0.2) is 0 Å². The molecule has 0 aromatic rings. The molecule has 0 saturated heterocycles. The van der Waals surface area contributed by atoms with Gasteiger partial charge in [-0.3, -0.25) is 9.59 Å². The van der Waals surface area contributed by atoms with Crippen molar-refractivity contribution in [3.8, 4) is 0 Å². The van der Waals surface area contributed by atoms with E-state index in [1.807, 2.05) is 0 Å². The van der Waals surface area contributed by atoms with E-state index in [2.05, 4.69) is 54.6 Å². The molecule has 3 rings (SSSR count). The summed E-state index contributed by atoms with van der Waals surface area (Å²) in [5.74, 6) is 0.503. The van der Waals surface area contributed by atoms with Gasteiger partial charge in [-0.2, -0.15) is 0 Å².